The number of aliphatic hydroxyl groups is 1. The zero-order chi connectivity index (χ0) is 20.5. The highest BCUT2D eigenvalue weighted by Gasteiger charge is 2.19. The molecule has 2 heterocycles. The minimum absolute atomic E-state index is 0.0153. The van der Waals surface area contributed by atoms with Gasteiger partial charge in [0.2, 0.25) is 0 Å². The molecule has 0 aliphatic rings. The van der Waals surface area contributed by atoms with E-state index in [9.17, 15) is 14.6 Å². The Labute approximate surface area is 176 Å². The van der Waals surface area contributed by atoms with E-state index < -0.39 is 11.9 Å². The van der Waals surface area contributed by atoms with Crippen molar-refractivity contribution in [1.29, 1.82) is 0 Å². The van der Waals surface area contributed by atoms with Crippen molar-refractivity contribution in [2.24, 2.45) is 0 Å². The maximum Gasteiger partial charge on any atom is 0.124 e. The molecule has 4 nitrogen and oxygen atoms in total. The zero-order valence-electron chi connectivity index (χ0n) is 15.5. The molecule has 0 amide bonds. The Kier molecular flexibility index (Phi) is 5.41. The average Bonchev–Trinajstić information content (AvgIpc) is 3.37. The summed E-state index contributed by atoms with van der Waals surface area (Å²) < 4.78 is 15.4. The molecule has 0 saturated heterocycles. The van der Waals surface area contributed by atoms with Crippen LogP contribution in [0, 0.1) is 5.82 Å². The van der Waals surface area contributed by atoms with Crippen LogP contribution in [0.15, 0.2) is 60.7 Å². The molecule has 148 valence electrons. The minimum atomic E-state index is -0.691. The average molecular weight is 429 g/mol. The number of thiophene rings is 1. The molecule has 7 heteroatoms. The summed E-state index contributed by atoms with van der Waals surface area (Å²) in [6, 6.07) is 16.8. The fourth-order valence-corrected chi connectivity index (χ4v) is 4.33. The van der Waals surface area contributed by atoms with Crippen LogP contribution in [0.25, 0.3) is 26.7 Å². The number of rotatable bonds is 5. The predicted molar refractivity (Wildman–Crippen MR) is 114 cm³/mol. The van der Waals surface area contributed by atoms with Gasteiger partial charge in [0.15, 0.2) is 0 Å². The number of para-hydroxylation sites is 1. The van der Waals surface area contributed by atoms with Crippen molar-refractivity contribution in [3.8, 4) is 32.4 Å². The molecule has 2 aromatic heterocycles. The quantitative estimate of drug-likeness (QED) is 0.397. The maximum absolute atomic E-state index is 13.7. The molecule has 1 unspecified atom stereocenters. The predicted octanol–water partition coefficient (Wildman–Crippen LogP) is 6.21. The van der Waals surface area contributed by atoms with Crippen LogP contribution < -0.4 is 0 Å². The highest BCUT2D eigenvalue weighted by molar-refractivity contribution is 7.18. The summed E-state index contributed by atoms with van der Waals surface area (Å²) in [5.41, 5.74) is 2.43. The lowest BCUT2D eigenvalue weighted by Crippen LogP contribution is -2.02. The first-order valence-corrected chi connectivity index (χ1v) is 10.3. The van der Waals surface area contributed by atoms with Gasteiger partial charge < -0.3 is 10.2 Å². The third-order valence-electron chi connectivity index (χ3n) is 4.62. The van der Waals surface area contributed by atoms with Crippen LogP contribution in [0.1, 0.15) is 25.1 Å². The second kappa shape index (κ2) is 7.99. The standard InChI is InChI=1S/C22H18ClFN2O2S/c1-2-19(27)16-12-18(26(25-16)17-6-4-3-5-15(17)23)22-10-9-21(29-22)14-11-13(24)7-8-20(14)28/h3-12,19,27-28H,2H2,1H3. The van der Waals surface area contributed by atoms with Crippen LogP contribution in [0.5, 0.6) is 5.75 Å². The lowest BCUT2D eigenvalue weighted by atomic mass is 10.1. The summed E-state index contributed by atoms with van der Waals surface area (Å²) in [6.45, 7) is 1.88. The number of benzene rings is 2. The van der Waals surface area contributed by atoms with Gasteiger partial charge in [-0.15, -0.1) is 11.3 Å². The van der Waals surface area contributed by atoms with Crippen molar-refractivity contribution in [2.45, 2.75) is 19.4 Å². The minimum Gasteiger partial charge on any atom is -0.507 e. The van der Waals surface area contributed by atoms with Crippen molar-refractivity contribution in [3.05, 3.63) is 77.2 Å². The molecule has 2 N–H and O–H groups in total. The molecule has 29 heavy (non-hydrogen) atoms. The van der Waals surface area contributed by atoms with Gasteiger partial charge >= 0.3 is 0 Å². The van der Waals surface area contributed by atoms with Crippen molar-refractivity contribution >= 4 is 22.9 Å². The molecule has 0 fully saturated rings. The van der Waals surface area contributed by atoms with E-state index in [4.69, 9.17) is 11.6 Å². The maximum atomic E-state index is 13.7. The first-order chi connectivity index (χ1) is 14.0. The van der Waals surface area contributed by atoms with Crippen molar-refractivity contribution in [1.82, 2.24) is 9.78 Å². The van der Waals surface area contributed by atoms with E-state index in [0.29, 0.717) is 28.4 Å². The first-order valence-electron chi connectivity index (χ1n) is 9.10. The first kappa shape index (κ1) is 19.6. The molecule has 0 radical (unpaired) electrons. The Bertz CT molecular complexity index is 1170. The number of hydrogen-bond acceptors (Lipinski definition) is 4. The van der Waals surface area contributed by atoms with Crippen LogP contribution >= 0.6 is 22.9 Å². The Balaban J connectivity index is 1.85. The SMILES string of the molecule is CCC(O)c1cc(-c2ccc(-c3cc(F)ccc3O)s2)n(-c2ccccc2Cl)n1. The number of halogens is 2. The van der Waals surface area contributed by atoms with Crippen LogP contribution in [-0.2, 0) is 0 Å². The van der Waals surface area contributed by atoms with Crippen molar-refractivity contribution in [2.75, 3.05) is 0 Å². The van der Waals surface area contributed by atoms with E-state index in [-0.39, 0.29) is 5.75 Å². The number of aromatic nitrogens is 2. The molecule has 0 aliphatic heterocycles. The summed E-state index contributed by atoms with van der Waals surface area (Å²) in [5.74, 6) is -0.399. The number of phenolic OH excluding ortho intramolecular Hbond substituents is 1. The second-order valence-electron chi connectivity index (χ2n) is 6.57. The van der Waals surface area contributed by atoms with Gasteiger partial charge in [-0.3, -0.25) is 0 Å². The molecule has 1 atom stereocenters. The van der Waals surface area contributed by atoms with Crippen LogP contribution in [0.3, 0.4) is 0 Å². The molecule has 4 aromatic rings. The molecule has 0 spiro atoms. The normalized spacial score (nSPS) is 12.3. The molecule has 0 bridgehead atoms. The number of phenols is 1. The Hall–Kier alpha value is -2.67. The van der Waals surface area contributed by atoms with Gasteiger partial charge in [0, 0.05) is 10.4 Å². The van der Waals surface area contributed by atoms with Crippen molar-refractivity contribution in [3.63, 3.8) is 0 Å². The van der Waals surface area contributed by atoms with Crippen molar-refractivity contribution < 1.29 is 14.6 Å². The Morgan fingerprint density at radius 3 is 2.62 bits per heavy atom. The number of aromatic hydroxyl groups is 1. The summed E-state index contributed by atoms with van der Waals surface area (Å²) in [6.07, 6.45) is -0.157. The van der Waals surface area contributed by atoms with Crippen LogP contribution in [0.4, 0.5) is 4.39 Å². The van der Waals surface area contributed by atoms with Gasteiger partial charge in [-0.2, -0.15) is 5.10 Å². The number of hydrogen-bond donors (Lipinski definition) is 2. The van der Waals surface area contributed by atoms with E-state index >= 15 is 0 Å². The van der Waals surface area contributed by atoms with Crippen LogP contribution in [0.2, 0.25) is 5.02 Å². The van der Waals surface area contributed by atoms with E-state index in [0.717, 1.165) is 15.4 Å². The lowest BCUT2D eigenvalue weighted by molar-refractivity contribution is 0.168. The Morgan fingerprint density at radius 1 is 1.10 bits per heavy atom. The fraction of sp³-hybridized carbons (Fsp3) is 0.136. The highest BCUT2D eigenvalue weighted by atomic mass is 35.5. The summed E-state index contributed by atoms with van der Waals surface area (Å²) >= 11 is 7.78. The third kappa shape index (κ3) is 3.79. The highest BCUT2D eigenvalue weighted by Crippen LogP contribution is 2.40. The summed E-state index contributed by atoms with van der Waals surface area (Å²) in [4.78, 5) is 1.58. The Morgan fingerprint density at radius 2 is 1.86 bits per heavy atom. The van der Waals surface area contributed by atoms with Gasteiger partial charge in [-0.05, 0) is 55.0 Å². The van der Waals surface area contributed by atoms with Gasteiger partial charge in [-0.25, -0.2) is 9.07 Å². The van der Waals surface area contributed by atoms with Gasteiger partial charge in [0.1, 0.15) is 11.6 Å². The van der Waals surface area contributed by atoms with E-state index in [1.54, 1.807) is 10.7 Å². The summed E-state index contributed by atoms with van der Waals surface area (Å²) in [5, 5.41) is 25.5. The third-order valence-corrected chi connectivity index (χ3v) is 6.08. The number of nitrogens with zero attached hydrogens (tertiary/aromatic N) is 2. The topological polar surface area (TPSA) is 58.3 Å². The lowest BCUT2D eigenvalue weighted by Gasteiger charge is -2.08. The summed E-state index contributed by atoms with van der Waals surface area (Å²) in [7, 11) is 0. The fourth-order valence-electron chi connectivity index (χ4n) is 3.08. The molecule has 2 aromatic carbocycles. The van der Waals surface area contributed by atoms with Crippen LogP contribution in [-0.4, -0.2) is 20.0 Å². The molecular formula is C22H18ClFN2O2S. The van der Waals surface area contributed by atoms with Gasteiger partial charge in [0.05, 0.1) is 33.1 Å². The van der Waals surface area contributed by atoms with E-state index in [1.807, 2.05) is 43.3 Å². The molecule has 4 rings (SSSR count). The monoisotopic (exact) mass is 428 g/mol. The second-order valence-corrected chi connectivity index (χ2v) is 8.06. The zero-order valence-corrected chi connectivity index (χ0v) is 17.1. The smallest absolute Gasteiger partial charge is 0.124 e. The van der Waals surface area contributed by atoms with Gasteiger partial charge in [-0.1, -0.05) is 30.7 Å². The number of aliphatic hydroxyl groups excluding tert-OH is 1. The van der Waals surface area contributed by atoms with E-state index in [1.165, 1.54) is 29.5 Å². The van der Waals surface area contributed by atoms with Gasteiger partial charge in [0.25, 0.3) is 0 Å². The molecule has 0 aliphatic carbocycles. The molecule has 0 saturated carbocycles. The molecular weight excluding hydrogens is 411 g/mol. The van der Waals surface area contributed by atoms with E-state index in [2.05, 4.69) is 5.10 Å². The largest absolute Gasteiger partial charge is 0.507 e.